The van der Waals surface area contributed by atoms with Crippen molar-refractivity contribution in [2.45, 2.75) is 13.8 Å². The zero-order chi connectivity index (χ0) is 7.54. The average molecular weight is 424 g/mol. The Balaban J connectivity index is 0. The molecule has 0 nitrogen and oxygen atoms in total. The van der Waals surface area contributed by atoms with E-state index in [4.69, 9.17) is 0 Å². The van der Waals surface area contributed by atoms with E-state index in [1.54, 1.807) is 0 Å². The van der Waals surface area contributed by atoms with E-state index in [1.807, 2.05) is 26.0 Å². The summed E-state index contributed by atoms with van der Waals surface area (Å²) in [5.41, 5.74) is 0. The molecule has 0 aromatic carbocycles. The molecule has 0 saturated carbocycles. The van der Waals surface area contributed by atoms with Crippen molar-refractivity contribution in [3.63, 3.8) is 0 Å². The van der Waals surface area contributed by atoms with Gasteiger partial charge in [0.25, 0.3) is 0 Å². The fourth-order valence-electron chi connectivity index (χ4n) is 0.167. The SMILES string of the molecule is C[C-]=CC=[C-]C.[I][YH][I]. The summed E-state index contributed by atoms with van der Waals surface area (Å²) in [5.74, 6) is 0. The quantitative estimate of drug-likeness (QED) is 0.345. The Kier molecular flexibility index (Phi) is 25.1. The second-order valence-electron chi connectivity index (χ2n) is 1.01. The first-order chi connectivity index (χ1) is 4.33. The molecule has 0 radical (unpaired) electrons. The molecule has 0 bridgehead atoms. The molecule has 3 heteroatoms. The van der Waals surface area contributed by atoms with E-state index >= 15 is 0 Å². The Hall–Kier alpha value is 2.04. The second kappa shape index (κ2) is 16.6. The third-order valence-electron chi connectivity index (χ3n) is 0.417. The second-order valence-corrected chi connectivity index (χ2v) is 27.8. The van der Waals surface area contributed by atoms with Crippen LogP contribution in [0.25, 0.3) is 0 Å². The summed E-state index contributed by atoms with van der Waals surface area (Å²) < 4.78 is 0. The first-order valence-electron chi connectivity index (χ1n) is 2.45. The van der Waals surface area contributed by atoms with Crippen LogP contribution in [0.5, 0.6) is 0 Å². The molecule has 0 atom stereocenters. The first kappa shape index (κ1) is 13.6. The number of allylic oxidation sites excluding steroid dienone is 4. The molecule has 0 heterocycles. The molecule has 52 valence electrons. The number of rotatable bonds is 1. The summed E-state index contributed by atoms with van der Waals surface area (Å²) >= 11 is 4.90. The molecule has 0 rings (SSSR count). The summed E-state index contributed by atoms with van der Waals surface area (Å²) in [4.78, 5) is 0. The van der Waals surface area contributed by atoms with E-state index < -0.39 is 0 Å². The van der Waals surface area contributed by atoms with Crippen molar-refractivity contribution < 1.29 is 19.6 Å². The van der Waals surface area contributed by atoms with E-state index in [0.717, 1.165) is 0 Å². The van der Waals surface area contributed by atoms with Gasteiger partial charge < -0.3 is 24.3 Å². The van der Waals surface area contributed by atoms with Gasteiger partial charge in [0.05, 0.1) is 0 Å². The Morgan fingerprint density at radius 1 is 1.11 bits per heavy atom. The standard InChI is InChI=1S/C6H8.2HI.Y.H/c1-3-5-6-4-2;;;;/h5-6H,1-2H3;2*1H;;/q-2;;;+2;/p-2. The molecular formula is C6H9I2Y-2. The summed E-state index contributed by atoms with van der Waals surface area (Å²) in [6, 6.07) is 0. The molecule has 0 unspecified atom stereocenters. The van der Waals surface area contributed by atoms with Crippen molar-refractivity contribution >= 4 is 32.7 Å². The van der Waals surface area contributed by atoms with Crippen LogP contribution in [-0.2, 0) is 19.6 Å². The van der Waals surface area contributed by atoms with Crippen molar-refractivity contribution in [2.24, 2.45) is 0 Å². The van der Waals surface area contributed by atoms with Crippen LogP contribution in [0.2, 0.25) is 0 Å². The van der Waals surface area contributed by atoms with E-state index in [-0.39, 0.29) is 19.6 Å². The molecule has 0 aliphatic heterocycles. The van der Waals surface area contributed by atoms with Crippen LogP contribution in [0, 0.1) is 12.2 Å². The molecule has 0 N–H and O–H groups in total. The van der Waals surface area contributed by atoms with Gasteiger partial charge in [-0.05, 0) is 0 Å². The van der Waals surface area contributed by atoms with Gasteiger partial charge >= 0.3 is 52.3 Å². The van der Waals surface area contributed by atoms with Gasteiger partial charge in [-0.15, -0.1) is 13.8 Å². The van der Waals surface area contributed by atoms with Gasteiger partial charge in [0, 0.05) is 0 Å². The van der Waals surface area contributed by atoms with Gasteiger partial charge in [-0.1, -0.05) is 0 Å². The Bertz CT molecular complexity index is 69.1. The molecule has 0 aromatic heterocycles. The zero-order valence-electron chi connectivity index (χ0n) is 5.62. The van der Waals surface area contributed by atoms with Crippen LogP contribution in [0.4, 0.5) is 0 Å². The molecule has 0 fully saturated rings. The molecule has 0 aliphatic carbocycles. The monoisotopic (exact) mass is 424 g/mol. The molecule has 0 spiro atoms. The topological polar surface area (TPSA) is 0 Å². The van der Waals surface area contributed by atoms with Crippen molar-refractivity contribution in [3.05, 3.63) is 24.3 Å². The zero-order valence-corrected chi connectivity index (χ0v) is 13.4. The Morgan fingerprint density at radius 2 is 1.33 bits per heavy atom. The van der Waals surface area contributed by atoms with Gasteiger partial charge in [0.1, 0.15) is 0 Å². The van der Waals surface area contributed by atoms with E-state index in [0.29, 0.717) is 0 Å². The molecule has 0 aliphatic rings. The van der Waals surface area contributed by atoms with Crippen LogP contribution in [0.15, 0.2) is 12.2 Å². The van der Waals surface area contributed by atoms with Crippen LogP contribution in [-0.4, -0.2) is 0 Å². The summed E-state index contributed by atoms with van der Waals surface area (Å²) in [6.45, 7) is 3.71. The molecule has 0 amide bonds. The van der Waals surface area contributed by atoms with Crippen LogP contribution >= 0.6 is 32.7 Å². The fraction of sp³-hybridized carbons (Fsp3) is 0.333. The first-order valence-corrected chi connectivity index (χ1v) is 23.1. The van der Waals surface area contributed by atoms with E-state index in [2.05, 4.69) is 44.8 Å². The Morgan fingerprint density at radius 3 is 1.44 bits per heavy atom. The maximum atomic E-state index is 2.83. The molecular weight excluding hydrogens is 415 g/mol. The van der Waals surface area contributed by atoms with Gasteiger partial charge in [-0.25, -0.2) is 0 Å². The third-order valence-corrected chi connectivity index (χ3v) is 0.417. The molecule has 0 aromatic rings. The molecule has 0 saturated heterocycles. The number of hydrogen-bond acceptors (Lipinski definition) is 0. The third kappa shape index (κ3) is 25.5. The van der Waals surface area contributed by atoms with Crippen LogP contribution in [0.3, 0.4) is 0 Å². The Labute approximate surface area is 88.5 Å². The summed E-state index contributed by atoms with van der Waals surface area (Å²) in [5, 5.41) is 0. The number of halogens is 2. The predicted molar refractivity (Wildman–Crippen MR) is 56.4 cm³/mol. The summed E-state index contributed by atoms with van der Waals surface area (Å²) in [7, 11) is 0. The van der Waals surface area contributed by atoms with Crippen LogP contribution < -0.4 is 0 Å². The summed E-state index contributed by atoms with van der Waals surface area (Å²) in [6.07, 6.45) is 9.29. The minimum absolute atomic E-state index is 0.0700. The predicted octanol–water partition coefficient (Wildman–Crippen LogP) is 3.25. The van der Waals surface area contributed by atoms with Crippen molar-refractivity contribution in [2.75, 3.05) is 0 Å². The van der Waals surface area contributed by atoms with Gasteiger partial charge in [-0.2, -0.15) is 0 Å². The maximum absolute atomic E-state index is 2.83. The van der Waals surface area contributed by atoms with E-state index in [9.17, 15) is 0 Å². The fourth-order valence-corrected chi connectivity index (χ4v) is 0.167. The average Bonchev–Trinajstić information content (AvgIpc) is 1.86. The van der Waals surface area contributed by atoms with Crippen molar-refractivity contribution in [1.29, 1.82) is 0 Å². The molecule has 9 heavy (non-hydrogen) atoms. The van der Waals surface area contributed by atoms with Crippen molar-refractivity contribution in [3.8, 4) is 0 Å². The van der Waals surface area contributed by atoms with Crippen molar-refractivity contribution in [1.82, 2.24) is 0 Å². The number of hydrogen-bond donors (Lipinski definition) is 0. The van der Waals surface area contributed by atoms with E-state index in [1.165, 1.54) is 0 Å². The van der Waals surface area contributed by atoms with Gasteiger partial charge in [0.2, 0.25) is 0 Å². The van der Waals surface area contributed by atoms with Gasteiger partial charge in [-0.3, -0.25) is 0 Å². The normalized spacial score (nSPS) is 9.33. The van der Waals surface area contributed by atoms with Crippen LogP contribution in [0.1, 0.15) is 13.8 Å². The van der Waals surface area contributed by atoms with Gasteiger partial charge in [0.15, 0.2) is 0 Å². The minimum atomic E-state index is -0.0700.